The van der Waals surface area contributed by atoms with E-state index in [1.165, 1.54) is 28.7 Å². The minimum Gasteiger partial charge on any atom is -0.376 e. The summed E-state index contributed by atoms with van der Waals surface area (Å²) in [6.07, 6.45) is 0.885. The van der Waals surface area contributed by atoms with Crippen LogP contribution in [0.1, 0.15) is 27.7 Å². The number of amides is 2. The van der Waals surface area contributed by atoms with Crippen LogP contribution in [0.5, 0.6) is 0 Å². The van der Waals surface area contributed by atoms with Gasteiger partial charge in [-0.1, -0.05) is 12.1 Å². The zero-order valence-electron chi connectivity index (χ0n) is 12.1. The van der Waals surface area contributed by atoms with Gasteiger partial charge in [0.05, 0.1) is 18.2 Å². The molecule has 5 nitrogen and oxygen atoms in total. The van der Waals surface area contributed by atoms with Gasteiger partial charge in [0.2, 0.25) is 0 Å². The van der Waals surface area contributed by atoms with Gasteiger partial charge in [-0.25, -0.2) is 4.79 Å². The molecule has 3 rings (SSSR count). The van der Waals surface area contributed by atoms with Crippen molar-refractivity contribution in [2.24, 2.45) is 0 Å². The zero-order valence-corrected chi connectivity index (χ0v) is 13.0. The van der Waals surface area contributed by atoms with E-state index in [0.717, 1.165) is 18.0 Å². The van der Waals surface area contributed by atoms with Crippen molar-refractivity contribution in [1.82, 2.24) is 0 Å². The predicted octanol–water partition coefficient (Wildman–Crippen LogP) is 3.67. The summed E-state index contributed by atoms with van der Waals surface area (Å²) >= 11 is 1.53. The first-order valence-corrected chi connectivity index (χ1v) is 7.82. The lowest BCUT2D eigenvalue weighted by Crippen LogP contribution is -2.18. The van der Waals surface area contributed by atoms with Crippen LogP contribution in [-0.2, 0) is 17.8 Å². The second-order valence-corrected chi connectivity index (χ2v) is 6.21. The molecule has 2 heterocycles. The molecule has 0 radical (unpaired) electrons. The fourth-order valence-corrected chi connectivity index (χ4v) is 3.34. The highest BCUT2D eigenvalue weighted by atomic mass is 32.1. The van der Waals surface area contributed by atoms with Gasteiger partial charge >= 0.3 is 6.03 Å². The van der Waals surface area contributed by atoms with Crippen LogP contribution in [0.3, 0.4) is 0 Å². The van der Waals surface area contributed by atoms with Gasteiger partial charge in [0.15, 0.2) is 5.78 Å². The first-order valence-electron chi connectivity index (χ1n) is 7.00. The van der Waals surface area contributed by atoms with E-state index in [4.69, 9.17) is 4.74 Å². The molecule has 1 aliphatic rings. The number of anilines is 2. The van der Waals surface area contributed by atoms with Crippen molar-refractivity contribution in [1.29, 1.82) is 0 Å². The number of hydrogen-bond acceptors (Lipinski definition) is 4. The molecule has 2 N–H and O–H groups in total. The summed E-state index contributed by atoms with van der Waals surface area (Å²) in [5.41, 5.74) is 2.40. The van der Waals surface area contributed by atoms with Gasteiger partial charge in [-0.05, 0) is 37.1 Å². The molecule has 0 aliphatic carbocycles. The summed E-state index contributed by atoms with van der Waals surface area (Å²) in [6, 6.07) is 8.55. The van der Waals surface area contributed by atoms with Crippen molar-refractivity contribution < 1.29 is 14.3 Å². The molecule has 1 aromatic carbocycles. The molecule has 2 amide bonds. The van der Waals surface area contributed by atoms with Crippen LogP contribution >= 0.6 is 11.3 Å². The number of urea groups is 1. The van der Waals surface area contributed by atoms with Gasteiger partial charge in [0.25, 0.3) is 0 Å². The van der Waals surface area contributed by atoms with Gasteiger partial charge in [0.1, 0.15) is 0 Å². The Balaban J connectivity index is 1.66. The van der Waals surface area contributed by atoms with E-state index < -0.39 is 0 Å². The molecule has 0 unspecified atom stereocenters. The highest BCUT2D eigenvalue weighted by Crippen LogP contribution is 2.30. The normalized spacial score (nSPS) is 13.3. The number of nitrogens with one attached hydrogen (secondary N) is 2. The van der Waals surface area contributed by atoms with Crippen LogP contribution in [0.2, 0.25) is 0 Å². The Hall–Kier alpha value is -2.18. The van der Waals surface area contributed by atoms with Gasteiger partial charge in [-0.3, -0.25) is 10.1 Å². The molecule has 0 saturated heterocycles. The maximum absolute atomic E-state index is 12.0. The van der Waals surface area contributed by atoms with Gasteiger partial charge in [0, 0.05) is 16.1 Å². The molecular formula is C16H16N2O3S. The van der Waals surface area contributed by atoms with Crippen molar-refractivity contribution in [3.63, 3.8) is 0 Å². The molecule has 1 aliphatic heterocycles. The maximum atomic E-state index is 12.0. The van der Waals surface area contributed by atoms with E-state index in [1.807, 2.05) is 6.07 Å². The number of carbonyl (C=O) groups is 2. The number of hydrogen-bond donors (Lipinski definition) is 2. The summed E-state index contributed by atoms with van der Waals surface area (Å²) in [5.74, 6) is -0.0324. The van der Waals surface area contributed by atoms with Crippen molar-refractivity contribution in [3.8, 4) is 0 Å². The topological polar surface area (TPSA) is 67.4 Å². The largest absolute Gasteiger partial charge is 0.376 e. The molecular weight excluding hydrogens is 300 g/mol. The Morgan fingerprint density at radius 3 is 2.86 bits per heavy atom. The minimum absolute atomic E-state index is 0.0324. The first kappa shape index (κ1) is 14.7. The standard InChI is InChI=1S/C16H16N2O3S/c1-10(19)11-3-2-4-13(7-11)17-16(20)18-15-8-12-5-6-21-9-14(12)22-15/h2-4,7-8H,5-6,9H2,1H3,(H2,17,18,20). The van der Waals surface area contributed by atoms with E-state index in [2.05, 4.69) is 10.6 Å². The number of fused-ring (bicyclic) bond motifs is 1. The third kappa shape index (κ3) is 3.35. The number of ether oxygens (including phenoxy) is 1. The number of carbonyl (C=O) groups excluding carboxylic acids is 2. The van der Waals surface area contributed by atoms with Crippen LogP contribution in [-0.4, -0.2) is 18.4 Å². The Kier molecular flexibility index (Phi) is 4.22. The van der Waals surface area contributed by atoms with E-state index in [0.29, 0.717) is 17.9 Å². The fourth-order valence-electron chi connectivity index (χ4n) is 2.30. The van der Waals surface area contributed by atoms with Crippen LogP contribution in [0.15, 0.2) is 30.3 Å². The van der Waals surface area contributed by atoms with Crippen LogP contribution in [0.25, 0.3) is 0 Å². The smallest absolute Gasteiger partial charge is 0.324 e. The third-order valence-electron chi connectivity index (χ3n) is 3.41. The van der Waals surface area contributed by atoms with Crippen LogP contribution < -0.4 is 10.6 Å². The predicted molar refractivity (Wildman–Crippen MR) is 86.8 cm³/mol. The number of Topliss-reactive ketones (excluding diaryl/α,β-unsaturated/α-hetero) is 1. The fraction of sp³-hybridized carbons (Fsp3) is 0.250. The molecule has 114 valence electrons. The van der Waals surface area contributed by atoms with E-state index in [1.54, 1.807) is 24.3 Å². The summed E-state index contributed by atoms with van der Waals surface area (Å²) < 4.78 is 5.40. The summed E-state index contributed by atoms with van der Waals surface area (Å²) in [5, 5.41) is 6.37. The number of rotatable bonds is 3. The lowest BCUT2D eigenvalue weighted by atomic mass is 10.1. The highest BCUT2D eigenvalue weighted by Gasteiger charge is 2.15. The number of ketones is 1. The maximum Gasteiger partial charge on any atom is 0.324 e. The molecule has 0 atom stereocenters. The second kappa shape index (κ2) is 6.29. The average Bonchev–Trinajstić information content (AvgIpc) is 2.89. The molecule has 2 aromatic rings. The van der Waals surface area contributed by atoms with Crippen LogP contribution in [0.4, 0.5) is 15.5 Å². The Morgan fingerprint density at radius 1 is 1.23 bits per heavy atom. The van der Waals surface area contributed by atoms with Crippen molar-refractivity contribution in [2.45, 2.75) is 20.0 Å². The van der Waals surface area contributed by atoms with Crippen LogP contribution in [0, 0.1) is 0 Å². The molecule has 22 heavy (non-hydrogen) atoms. The zero-order chi connectivity index (χ0) is 15.5. The molecule has 0 bridgehead atoms. The van der Waals surface area contributed by atoms with Crippen molar-refractivity contribution in [2.75, 3.05) is 17.2 Å². The van der Waals surface area contributed by atoms with Gasteiger partial charge in [-0.2, -0.15) is 0 Å². The SMILES string of the molecule is CC(=O)c1cccc(NC(=O)Nc2cc3c(s2)COCC3)c1. The summed E-state index contributed by atoms with van der Waals surface area (Å²) in [7, 11) is 0. The van der Waals surface area contributed by atoms with Gasteiger partial charge < -0.3 is 10.1 Å². The number of thiophene rings is 1. The van der Waals surface area contributed by atoms with E-state index >= 15 is 0 Å². The average molecular weight is 316 g/mol. The molecule has 0 spiro atoms. The summed E-state index contributed by atoms with van der Waals surface area (Å²) in [4.78, 5) is 24.6. The molecule has 6 heteroatoms. The lowest BCUT2D eigenvalue weighted by Gasteiger charge is -2.10. The molecule has 0 saturated carbocycles. The molecule has 0 fully saturated rings. The second-order valence-electron chi connectivity index (χ2n) is 5.08. The Bertz CT molecular complexity index is 700. The quantitative estimate of drug-likeness (QED) is 0.849. The summed E-state index contributed by atoms with van der Waals surface area (Å²) in [6.45, 7) is 2.84. The van der Waals surface area contributed by atoms with Gasteiger partial charge in [-0.15, -0.1) is 11.3 Å². The Labute approximate surface area is 132 Å². The first-order chi connectivity index (χ1) is 10.6. The Morgan fingerprint density at radius 2 is 2.09 bits per heavy atom. The lowest BCUT2D eigenvalue weighted by molar-refractivity contribution is 0.101. The van der Waals surface area contributed by atoms with Crippen molar-refractivity contribution in [3.05, 3.63) is 46.3 Å². The highest BCUT2D eigenvalue weighted by molar-refractivity contribution is 7.16. The number of benzene rings is 1. The third-order valence-corrected chi connectivity index (χ3v) is 4.48. The van der Waals surface area contributed by atoms with E-state index in [-0.39, 0.29) is 11.8 Å². The molecule has 1 aromatic heterocycles. The van der Waals surface area contributed by atoms with Crippen molar-refractivity contribution >= 4 is 33.8 Å². The minimum atomic E-state index is -0.319. The van der Waals surface area contributed by atoms with E-state index in [9.17, 15) is 9.59 Å². The monoisotopic (exact) mass is 316 g/mol.